The minimum absolute atomic E-state index is 0. The summed E-state index contributed by atoms with van der Waals surface area (Å²) in [5.41, 5.74) is 1.10. The van der Waals surface area contributed by atoms with Crippen LogP contribution in [0.5, 0.6) is 0 Å². The third kappa shape index (κ3) is 10.8. The molecule has 7 nitrogen and oxygen atoms in total. The van der Waals surface area contributed by atoms with Gasteiger partial charge in [0.1, 0.15) is 0 Å². The number of hydrogen-bond acceptors (Lipinski definition) is 6. The van der Waals surface area contributed by atoms with Crippen LogP contribution in [0.3, 0.4) is 0 Å². The van der Waals surface area contributed by atoms with Crippen molar-refractivity contribution in [2.75, 3.05) is 13.1 Å². The van der Waals surface area contributed by atoms with Gasteiger partial charge in [0.05, 0.1) is 6.10 Å². The second-order valence-electron chi connectivity index (χ2n) is 5.35. The molecule has 0 aromatic carbocycles. The first-order chi connectivity index (χ1) is 12.4. The van der Waals surface area contributed by atoms with Gasteiger partial charge in [-0.25, -0.2) is 0 Å². The number of carbonyl (C=O) groups is 3. The molecule has 0 unspecified atom stereocenters. The van der Waals surface area contributed by atoms with Crippen molar-refractivity contribution in [2.45, 2.75) is 13.0 Å². The molecule has 0 saturated heterocycles. The summed E-state index contributed by atoms with van der Waals surface area (Å²) in [4.78, 5) is 32.0. The third-order valence-corrected chi connectivity index (χ3v) is 3.06. The monoisotopic (exact) mass is 413 g/mol. The number of allylic oxidation sites excluding steroid dienone is 10. The third-order valence-electron chi connectivity index (χ3n) is 3.06. The van der Waals surface area contributed by atoms with E-state index in [1.165, 1.54) is 12.2 Å². The summed E-state index contributed by atoms with van der Waals surface area (Å²) < 4.78 is 0. The van der Waals surface area contributed by atoms with Gasteiger partial charge >= 0.3 is 0 Å². The van der Waals surface area contributed by atoms with Crippen LogP contribution in [-0.2, 0) is 31.5 Å². The molecule has 2 aliphatic rings. The van der Waals surface area contributed by atoms with E-state index in [4.69, 9.17) is 9.90 Å². The Labute approximate surface area is 168 Å². The molecule has 0 atom stereocenters. The van der Waals surface area contributed by atoms with Crippen molar-refractivity contribution in [1.82, 2.24) is 10.6 Å². The number of carboxylic acids is 1. The van der Waals surface area contributed by atoms with E-state index in [-0.39, 0.29) is 28.6 Å². The number of nitrogens with one attached hydrogen (secondary N) is 2. The Hall–Kier alpha value is -2.67. The number of aliphatic carboxylic acids is 1. The van der Waals surface area contributed by atoms with Crippen LogP contribution < -0.4 is 10.6 Å². The Bertz CT molecular complexity index is 660. The molecule has 0 aromatic rings. The number of hydrogen-bond donors (Lipinski definition) is 4. The molecule has 0 heterocycles. The van der Waals surface area contributed by atoms with Gasteiger partial charge in [-0.2, -0.15) is 0 Å². The van der Waals surface area contributed by atoms with E-state index in [0.29, 0.717) is 24.2 Å². The second-order valence-corrected chi connectivity index (χ2v) is 5.35. The number of carbonyl (C=O) groups excluding carboxylic acids is 2. The molecule has 8 heteroatoms. The number of aliphatic hydroxyl groups is 1. The van der Waals surface area contributed by atoms with E-state index >= 15 is 0 Å². The zero-order chi connectivity index (χ0) is 19.4. The van der Waals surface area contributed by atoms with E-state index in [2.05, 4.69) is 10.6 Å². The van der Waals surface area contributed by atoms with Gasteiger partial charge in [-0.05, 0) is 24.3 Å². The quantitative estimate of drug-likeness (QED) is 0.376. The molecule has 0 fully saturated rings. The van der Waals surface area contributed by atoms with Crippen molar-refractivity contribution < 1.29 is 41.7 Å². The van der Waals surface area contributed by atoms with E-state index in [1.54, 1.807) is 48.9 Å². The molecule has 0 amide bonds. The van der Waals surface area contributed by atoms with Crippen LogP contribution in [0.25, 0.3) is 0 Å². The fourth-order valence-corrected chi connectivity index (χ4v) is 1.88. The van der Waals surface area contributed by atoms with Gasteiger partial charge < -0.3 is 20.8 Å². The SMILES string of the molecule is CC(=O)O.O=C1C=CC=C/C1=C/NCC(O)CN/C=C1/C=CC=CC1=O.[Mn]. The summed E-state index contributed by atoms with van der Waals surface area (Å²) in [6.07, 6.45) is 15.8. The van der Waals surface area contributed by atoms with E-state index < -0.39 is 12.1 Å². The molecule has 27 heavy (non-hydrogen) atoms. The molecular formula is C19H22MnN2O5. The van der Waals surface area contributed by atoms with Crippen molar-refractivity contribution in [3.8, 4) is 0 Å². The van der Waals surface area contributed by atoms with Crippen LogP contribution in [0.15, 0.2) is 72.2 Å². The van der Waals surface area contributed by atoms with E-state index in [0.717, 1.165) is 6.92 Å². The molecule has 0 saturated carbocycles. The Morgan fingerprint density at radius 1 is 0.926 bits per heavy atom. The maximum absolute atomic E-state index is 11.5. The van der Waals surface area contributed by atoms with Gasteiger partial charge in [-0.3, -0.25) is 14.4 Å². The van der Waals surface area contributed by atoms with Crippen molar-refractivity contribution in [3.63, 3.8) is 0 Å². The number of aliphatic hydroxyl groups excluding tert-OH is 1. The standard InChI is InChI=1S/C17H18N2O3.C2H4O2.Mn/c20-15(11-18-9-13-5-1-3-7-16(13)21)12-19-10-14-6-2-4-8-17(14)22;1-2(3)4;/h1-10,15,18-20H,11-12H2;1H3,(H,3,4);/b13-9-,14-10-;;. The Kier molecular flexibility index (Phi) is 12.2. The first kappa shape index (κ1) is 24.3. The van der Waals surface area contributed by atoms with Crippen molar-refractivity contribution in [2.24, 2.45) is 0 Å². The predicted molar refractivity (Wildman–Crippen MR) is 98.1 cm³/mol. The summed E-state index contributed by atoms with van der Waals surface area (Å²) in [7, 11) is 0. The first-order valence-corrected chi connectivity index (χ1v) is 7.93. The minimum atomic E-state index is -0.833. The van der Waals surface area contributed by atoms with Gasteiger partial charge in [-0.1, -0.05) is 24.3 Å². The number of ketones is 2. The smallest absolute Gasteiger partial charge is 0.300 e. The van der Waals surface area contributed by atoms with Gasteiger partial charge in [-0.15, -0.1) is 0 Å². The number of rotatable bonds is 6. The van der Waals surface area contributed by atoms with Crippen LogP contribution >= 0.6 is 0 Å². The molecule has 0 aromatic heterocycles. The summed E-state index contributed by atoms with van der Waals surface area (Å²) in [5, 5.41) is 23.1. The average molecular weight is 413 g/mol. The van der Waals surface area contributed by atoms with Crippen LogP contribution in [0.2, 0.25) is 0 Å². The van der Waals surface area contributed by atoms with E-state index in [9.17, 15) is 14.7 Å². The topological polar surface area (TPSA) is 116 Å². The van der Waals surface area contributed by atoms with Crippen LogP contribution in [0.1, 0.15) is 6.92 Å². The fourth-order valence-electron chi connectivity index (χ4n) is 1.88. The molecule has 0 bridgehead atoms. The fraction of sp³-hybridized carbons (Fsp3) is 0.211. The Morgan fingerprint density at radius 2 is 1.26 bits per heavy atom. The van der Waals surface area contributed by atoms with Crippen LogP contribution in [-0.4, -0.2) is 46.9 Å². The minimum Gasteiger partial charge on any atom is -0.481 e. The molecule has 0 spiro atoms. The molecule has 2 rings (SSSR count). The van der Waals surface area contributed by atoms with Gasteiger partial charge in [0.2, 0.25) is 0 Å². The van der Waals surface area contributed by atoms with Crippen molar-refractivity contribution >= 4 is 17.5 Å². The van der Waals surface area contributed by atoms with Crippen molar-refractivity contribution in [1.29, 1.82) is 0 Å². The maximum Gasteiger partial charge on any atom is 0.300 e. The molecule has 1 radical (unpaired) electrons. The van der Waals surface area contributed by atoms with Crippen LogP contribution in [0, 0.1) is 0 Å². The predicted octanol–water partition coefficient (Wildman–Crippen LogP) is 0.773. The maximum atomic E-state index is 11.5. The van der Waals surface area contributed by atoms with E-state index in [1.807, 2.05) is 0 Å². The van der Waals surface area contributed by atoms with Gasteiger partial charge in [0.25, 0.3) is 5.97 Å². The molecular weight excluding hydrogens is 391 g/mol. The summed E-state index contributed by atoms with van der Waals surface area (Å²) in [5.74, 6) is -0.967. The zero-order valence-electron chi connectivity index (χ0n) is 14.8. The molecule has 145 valence electrons. The molecule has 2 aliphatic carbocycles. The summed E-state index contributed by atoms with van der Waals surface area (Å²) in [6.45, 7) is 1.68. The normalized spacial score (nSPS) is 17.6. The van der Waals surface area contributed by atoms with Crippen molar-refractivity contribution in [3.05, 3.63) is 72.2 Å². The average Bonchev–Trinajstić information content (AvgIpc) is 2.58. The second kappa shape index (κ2) is 13.5. The zero-order valence-corrected chi connectivity index (χ0v) is 15.9. The van der Waals surface area contributed by atoms with Crippen LogP contribution in [0.4, 0.5) is 0 Å². The Morgan fingerprint density at radius 3 is 1.59 bits per heavy atom. The number of carboxylic acid groups (broad SMARTS) is 1. The largest absolute Gasteiger partial charge is 0.481 e. The molecule has 4 N–H and O–H groups in total. The first-order valence-electron chi connectivity index (χ1n) is 7.93. The summed E-state index contributed by atoms with van der Waals surface area (Å²) >= 11 is 0. The Balaban J connectivity index is 0.00000123. The van der Waals surface area contributed by atoms with Gasteiger partial charge in [0, 0.05) is 60.6 Å². The summed E-state index contributed by atoms with van der Waals surface area (Å²) in [6, 6.07) is 0. The molecule has 0 aliphatic heterocycles. The van der Waals surface area contributed by atoms with Gasteiger partial charge in [0.15, 0.2) is 11.6 Å².